The number of ether oxygens (including phenoxy) is 1. The van der Waals surface area contributed by atoms with Gasteiger partial charge in [0, 0.05) is 42.8 Å². The van der Waals surface area contributed by atoms with E-state index in [4.69, 9.17) is 4.74 Å². The molecule has 2 aromatic carbocycles. The lowest BCUT2D eigenvalue weighted by Gasteiger charge is -2.44. The van der Waals surface area contributed by atoms with Gasteiger partial charge in [0.2, 0.25) is 0 Å². The van der Waals surface area contributed by atoms with Gasteiger partial charge in [0.25, 0.3) is 0 Å². The Balaban J connectivity index is 2.00. The number of nitrogens with one attached hydrogen (secondary N) is 1. The molecular formula is C25H35FN2O5S. The molecule has 0 saturated carbocycles. The van der Waals surface area contributed by atoms with Crippen molar-refractivity contribution in [3.8, 4) is 0 Å². The first-order valence-electron chi connectivity index (χ1n) is 11.6. The first-order chi connectivity index (χ1) is 16.2. The summed E-state index contributed by atoms with van der Waals surface area (Å²) in [6.07, 6.45) is 2.23. The minimum atomic E-state index is -2.49. The first-order valence-corrected chi connectivity index (χ1v) is 13.5. The van der Waals surface area contributed by atoms with Gasteiger partial charge in [-0.25, -0.2) is 4.39 Å². The average Bonchev–Trinajstić information content (AvgIpc) is 2.79. The molecule has 1 aliphatic heterocycles. The number of hydrogen-bond donors (Lipinski definition) is 4. The summed E-state index contributed by atoms with van der Waals surface area (Å²) in [5.41, 5.74) is 3.30. The van der Waals surface area contributed by atoms with Crippen LogP contribution in [0.1, 0.15) is 44.1 Å². The Kier molecular flexibility index (Phi) is 9.18. The van der Waals surface area contributed by atoms with Crippen LogP contribution in [0.5, 0.6) is 0 Å². The van der Waals surface area contributed by atoms with Crippen LogP contribution < -0.4 is 10.2 Å². The lowest BCUT2D eigenvalue weighted by Crippen LogP contribution is -2.41. The number of halogens is 1. The molecule has 34 heavy (non-hydrogen) atoms. The molecule has 2 aromatic rings. The Morgan fingerprint density at radius 2 is 1.88 bits per heavy atom. The number of nitrogens with zero attached hydrogens (tertiary/aromatic N) is 1. The first kappa shape index (κ1) is 26.3. The minimum Gasteiger partial charge on any atom is -0.481 e. The standard InChI is InChI=1S/C25H35FN2O5S/c1-3-12-28(22-10-13-34(31,32)14-11-22)24-9-4-18(19(17-33-2)16-25(29)30)15-23(24)27-21-7-5-20(26)6-8-21/h4-9,15,19,22,27,31-32H,3,10-14,16-17H2,1-2H3,(H,29,30). The van der Waals surface area contributed by atoms with Gasteiger partial charge >= 0.3 is 5.97 Å². The smallest absolute Gasteiger partial charge is 0.304 e. The summed E-state index contributed by atoms with van der Waals surface area (Å²) < 4.78 is 38.9. The molecule has 0 amide bonds. The molecule has 1 fully saturated rings. The third-order valence-corrected chi connectivity index (χ3v) is 7.95. The van der Waals surface area contributed by atoms with E-state index in [0.717, 1.165) is 35.6 Å². The van der Waals surface area contributed by atoms with Crippen molar-refractivity contribution in [3.05, 3.63) is 53.8 Å². The zero-order valence-corrected chi connectivity index (χ0v) is 20.6. The SMILES string of the molecule is CCCN(c1ccc(C(COC)CC(=O)O)cc1Nc1ccc(F)cc1)C1CCS(O)(O)CC1. The molecule has 1 unspecified atom stereocenters. The number of carbonyl (C=O) groups is 1. The van der Waals surface area contributed by atoms with Gasteiger partial charge in [0.15, 0.2) is 0 Å². The molecule has 0 bridgehead atoms. The van der Waals surface area contributed by atoms with Crippen LogP contribution in [0.3, 0.4) is 0 Å². The van der Waals surface area contributed by atoms with Gasteiger partial charge in [0.05, 0.1) is 24.4 Å². The summed E-state index contributed by atoms with van der Waals surface area (Å²) in [7, 11) is -0.939. The number of anilines is 3. The van der Waals surface area contributed by atoms with E-state index in [2.05, 4.69) is 17.1 Å². The fraction of sp³-hybridized carbons (Fsp3) is 0.480. The topological polar surface area (TPSA) is 102 Å². The second-order valence-electron chi connectivity index (χ2n) is 8.79. The summed E-state index contributed by atoms with van der Waals surface area (Å²) in [6, 6.07) is 12.1. The second-order valence-corrected chi connectivity index (χ2v) is 11.2. The van der Waals surface area contributed by atoms with Crippen molar-refractivity contribution < 1.29 is 28.1 Å². The number of benzene rings is 2. The second kappa shape index (κ2) is 11.9. The van der Waals surface area contributed by atoms with Crippen LogP contribution in [-0.2, 0) is 9.53 Å². The average molecular weight is 495 g/mol. The van der Waals surface area contributed by atoms with Crippen molar-refractivity contribution in [1.29, 1.82) is 0 Å². The highest BCUT2D eigenvalue weighted by atomic mass is 32.3. The van der Waals surface area contributed by atoms with E-state index in [0.29, 0.717) is 24.3 Å². The molecule has 3 rings (SSSR count). The van der Waals surface area contributed by atoms with E-state index in [1.54, 1.807) is 19.2 Å². The van der Waals surface area contributed by atoms with Crippen molar-refractivity contribution in [2.24, 2.45) is 0 Å². The highest BCUT2D eigenvalue weighted by Crippen LogP contribution is 2.46. The van der Waals surface area contributed by atoms with Gasteiger partial charge in [-0.15, -0.1) is 0 Å². The van der Waals surface area contributed by atoms with Gasteiger partial charge < -0.3 is 20.1 Å². The van der Waals surface area contributed by atoms with Gasteiger partial charge in [-0.3, -0.25) is 13.9 Å². The molecule has 1 saturated heterocycles. The van der Waals surface area contributed by atoms with E-state index in [1.807, 2.05) is 18.2 Å². The minimum absolute atomic E-state index is 0.0532. The maximum Gasteiger partial charge on any atom is 0.304 e. The fourth-order valence-electron chi connectivity index (χ4n) is 4.48. The Morgan fingerprint density at radius 3 is 2.47 bits per heavy atom. The highest BCUT2D eigenvalue weighted by Gasteiger charge is 2.29. The third-order valence-electron chi connectivity index (χ3n) is 6.17. The normalized spacial score (nSPS) is 17.7. The molecule has 7 nitrogen and oxygen atoms in total. The zero-order valence-electron chi connectivity index (χ0n) is 19.7. The molecule has 1 aliphatic rings. The van der Waals surface area contributed by atoms with Gasteiger partial charge in [-0.05, 0) is 61.2 Å². The fourth-order valence-corrected chi connectivity index (χ4v) is 5.98. The highest BCUT2D eigenvalue weighted by molar-refractivity contribution is 8.24. The number of carboxylic acids is 1. The molecule has 0 aliphatic carbocycles. The number of aliphatic carboxylic acids is 1. The van der Waals surface area contributed by atoms with Gasteiger partial charge in [0.1, 0.15) is 5.82 Å². The Labute approximate surface area is 202 Å². The van der Waals surface area contributed by atoms with Crippen molar-refractivity contribution >= 4 is 33.6 Å². The number of methoxy groups -OCH3 is 1. The van der Waals surface area contributed by atoms with Crippen molar-refractivity contribution in [3.63, 3.8) is 0 Å². The summed E-state index contributed by atoms with van der Waals surface area (Å²) in [5, 5.41) is 12.8. The van der Waals surface area contributed by atoms with Crippen LogP contribution in [0.4, 0.5) is 21.5 Å². The van der Waals surface area contributed by atoms with Gasteiger partial charge in [-0.1, -0.05) is 13.0 Å². The summed E-state index contributed by atoms with van der Waals surface area (Å²) >= 11 is 0. The molecule has 1 atom stereocenters. The summed E-state index contributed by atoms with van der Waals surface area (Å²) in [6.45, 7) is 3.17. The molecule has 0 aromatic heterocycles. The van der Waals surface area contributed by atoms with Crippen molar-refractivity contribution in [1.82, 2.24) is 0 Å². The number of hydrogen-bond acceptors (Lipinski definition) is 6. The van der Waals surface area contributed by atoms with Crippen LogP contribution in [0, 0.1) is 5.82 Å². The van der Waals surface area contributed by atoms with E-state index in [-0.39, 0.29) is 30.8 Å². The summed E-state index contributed by atoms with van der Waals surface area (Å²) in [5.74, 6) is -0.744. The number of rotatable bonds is 11. The Morgan fingerprint density at radius 1 is 1.21 bits per heavy atom. The Hall–Kier alpha value is -2.33. The van der Waals surface area contributed by atoms with Crippen molar-refractivity contribution in [2.75, 3.05) is 42.0 Å². The van der Waals surface area contributed by atoms with E-state index < -0.39 is 16.6 Å². The maximum absolute atomic E-state index is 13.5. The van der Waals surface area contributed by atoms with Crippen LogP contribution in [0.2, 0.25) is 0 Å². The van der Waals surface area contributed by atoms with Crippen LogP contribution in [0.15, 0.2) is 42.5 Å². The van der Waals surface area contributed by atoms with Crippen LogP contribution in [-0.4, -0.2) is 58.0 Å². The molecule has 9 heteroatoms. The lowest BCUT2D eigenvalue weighted by molar-refractivity contribution is -0.137. The largest absolute Gasteiger partial charge is 0.481 e. The predicted octanol–water partition coefficient (Wildman–Crippen LogP) is 5.90. The van der Waals surface area contributed by atoms with Crippen molar-refractivity contribution in [2.45, 2.75) is 44.6 Å². The molecule has 0 radical (unpaired) electrons. The molecular weight excluding hydrogens is 459 g/mol. The molecule has 188 valence electrons. The third kappa shape index (κ3) is 7.09. The Bertz CT molecular complexity index is 947. The number of carboxylic acid groups (broad SMARTS) is 1. The van der Waals surface area contributed by atoms with Crippen LogP contribution >= 0.6 is 10.6 Å². The molecule has 1 heterocycles. The molecule has 0 spiro atoms. The zero-order chi connectivity index (χ0) is 24.7. The lowest BCUT2D eigenvalue weighted by atomic mass is 9.95. The van der Waals surface area contributed by atoms with Gasteiger partial charge in [-0.2, -0.15) is 10.6 Å². The van der Waals surface area contributed by atoms with E-state index in [1.165, 1.54) is 12.1 Å². The van der Waals surface area contributed by atoms with Crippen LogP contribution in [0.25, 0.3) is 0 Å². The molecule has 4 N–H and O–H groups in total. The monoisotopic (exact) mass is 494 g/mol. The maximum atomic E-state index is 13.5. The predicted molar refractivity (Wildman–Crippen MR) is 136 cm³/mol. The summed E-state index contributed by atoms with van der Waals surface area (Å²) in [4.78, 5) is 13.7. The quantitative estimate of drug-likeness (QED) is 0.308. The van der Waals surface area contributed by atoms with E-state index >= 15 is 0 Å². The van der Waals surface area contributed by atoms with E-state index in [9.17, 15) is 23.4 Å².